The number of nitrogens with zero attached hydrogens (tertiary/aromatic N) is 2. The van der Waals surface area contributed by atoms with Crippen molar-refractivity contribution < 1.29 is 22.7 Å². The zero-order valence-corrected chi connectivity index (χ0v) is 17.2. The SMILES string of the molecule is CNC(=O)CS(=O)(=O)C1CCN(C(=O)c2cc(-c3ccccc3OC)n[nH]2)CC1. The number of nitrogens with one attached hydrogen (secondary N) is 2. The highest BCUT2D eigenvalue weighted by Crippen LogP contribution is 2.29. The maximum atomic E-state index is 12.8. The number of ether oxygens (including phenoxy) is 1. The molecule has 1 aromatic heterocycles. The van der Waals surface area contributed by atoms with Crippen molar-refractivity contribution in [2.45, 2.75) is 18.1 Å². The summed E-state index contributed by atoms with van der Waals surface area (Å²) in [7, 11) is -0.557. The summed E-state index contributed by atoms with van der Waals surface area (Å²) in [5, 5.41) is 8.69. The fraction of sp³-hybridized carbons (Fsp3) is 0.421. The number of sulfone groups is 1. The van der Waals surface area contributed by atoms with Gasteiger partial charge in [-0.25, -0.2) is 8.42 Å². The van der Waals surface area contributed by atoms with Crippen LogP contribution in [0, 0.1) is 0 Å². The Morgan fingerprint density at radius 2 is 1.97 bits per heavy atom. The Labute approximate surface area is 169 Å². The van der Waals surface area contributed by atoms with Gasteiger partial charge in [-0.15, -0.1) is 0 Å². The van der Waals surface area contributed by atoms with E-state index >= 15 is 0 Å². The van der Waals surface area contributed by atoms with Crippen LogP contribution in [0.1, 0.15) is 23.3 Å². The molecule has 0 unspecified atom stereocenters. The minimum atomic E-state index is -3.53. The molecule has 1 fully saturated rings. The van der Waals surface area contributed by atoms with Crippen molar-refractivity contribution >= 4 is 21.7 Å². The maximum Gasteiger partial charge on any atom is 0.271 e. The first kappa shape index (κ1) is 20.8. The molecule has 3 rings (SSSR count). The number of para-hydroxylation sites is 1. The predicted octanol–water partition coefficient (Wildman–Crippen LogP) is 0.851. The van der Waals surface area contributed by atoms with E-state index in [2.05, 4.69) is 15.5 Å². The largest absolute Gasteiger partial charge is 0.496 e. The first-order chi connectivity index (χ1) is 13.9. The van der Waals surface area contributed by atoms with Crippen LogP contribution >= 0.6 is 0 Å². The van der Waals surface area contributed by atoms with Gasteiger partial charge >= 0.3 is 0 Å². The van der Waals surface area contributed by atoms with Gasteiger partial charge in [0.2, 0.25) is 5.91 Å². The number of rotatable bonds is 6. The summed E-state index contributed by atoms with van der Waals surface area (Å²) in [6.45, 7) is 0.610. The van der Waals surface area contributed by atoms with E-state index in [4.69, 9.17) is 4.74 Å². The molecule has 0 aliphatic carbocycles. The maximum absolute atomic E-state index is 12.8. The molecule has 1 aliphatic heterocycles. The second-order valence-electron chi connectivity index (χ2n) is 6.84. The van der Waals surface area contributed by atoms with E-state index in [0.29, 0.717) is 43.1 Å². The average Bonchev–Trinajstić information content (AvgIpc) is 3.23. The number of hydrogen-bond acceptors (Lipinski definition) is 6. The number of H-pyrrole nitrogens is 1. The van der Waals surface area contributed by atoms with E-state index in [9.17, 15) is 18.0 Å². The quantitative estimate of drug-likeness (QED) is 0.715. The van der Waals surface area contributed by atoms with Gasteiger partial charge < -0.3 is 15.0 Å². The Balaban J connectivity index is 1.66. The van der Waals surface area contributed by atoms with E-state index in [1.54, 1.807) is 18.1 Å². The number of carbonyl (C=O) groups excluding carboxylic acids is 2. The number of piperidine rings is 1. The van der Waals surface area contributed by atoms with Crippen molar-refractivity contribution in [1.82, 2.24) is 20.4 Å². The monoisotopic (exact) mass is 420 g/mol. The second-order valence-corrected chi connectivity index (χ2v) is 9.12. The van der Waals surface area contributed by atoms with Gasteiger partial charge in [0.1, 0.15) is 17.2 Å². The lowest BCUT2D eigenvalue weighted by Crippen LogP contribution is -2.44. The van der Waals surface area contributed by atoms with E-state index in [1.165, 1.54) is 7.05 Å². The Bertz CT molecular complexity index is 994. The number of aromatic nitrogens is 2. The number of methoxy groups -OCH3 is 1. The number of likely N-dealkylation sites (tertiary alicyclic amines) is 1. The Kier molecular flexibility index (Phi) is 6.21. The molecule has 1 aliphatic rings. The van der Waals surface area contributed by atoms with Crippen LogP contribution in [0.25, 0.3) is 11.3 Å². The Morgan fingerprint density at radius 1 is 1.28 bits per heavy atom. The molecule has 156 valence electrons. The van der Waals surface area contributed by atoms with Gasteiger partial charge in [-0.1, -0.05) is 12.1 Å². The van der Waals surface area contributed by atoms with Gasteiger partial charge in [-0.3, -0.25) is 14.7 Å². The zero-order valence-electron chi connectivity index (χ0n) is 16.3. The topological polar surface area (TPSA) is 121 Å². The van der Waals surface area contributed by atoms with Crippen LogP contribution in [-0.2, 0) is 14.6 Å². The van der Waals surface area contributed by atoms with E-state index in [1.807, 2.05) is 24.3 Å². The third kappa shape index (κ3) is 4.58. The molecule has 10 heteroatoms. The van der Waals surface area contributed by atoms with Crippen molar-refractivity contribution in [2.75, 3.05) is 33.0 Å². The van der Waals surface area contributed by atoms with E-state index in [-0.39, 0.29) is 5.91 Å². The highest BCUT2D eigenvalue weighted by atomic mass is 32.2. The minimum absolute atomic E-state index is 0.235. The molecule has 2 amide bonds. The van der Waals surface area contributed by atoms with Crippen molar-refractivity contribution in [3.63, 3.8) is 0 Å². The van der Waals surface area contributed by atoms with E-state index < -0.39 is 26.7 Å². The second kappa shape index (κ2) is 8.64. The third-order valence-electron chi connectivity index (χ3n) is 5.04. The molecule has 1 aromatic carbocycles. The predicted molar refractivity (Wildman–Crippen MR) is 107 cm³/mol. The Morgan fingerprint density at radius 3 is 2.62 bits per heavy atom. The third-order valence-corrected chi connectivity index (χ3v) is 7.19. The number of amides is 2. The van der Waals surface area contributed by atoms with Gasteiger partial charge in [-0.2, -0.15) is 5.10 Å². The van der Waals surface area contributed by atoms with Gasteiger partial charge in [-0.05, 0) is 31.0 Å². The van der Waals surface area contributed by atoms with Crippen LogP contribution in [0.4, 0.5) is 0 Å². The molecular weight excluding hydrogens is 396 g/mol. The van der Waals surface area contributed by atoms with Crippen LogP contribution in [0.15, 0.2) is 30.3 Å². The fourth-order valence-corrected chi connectivity index (χ4v) is 5.06. The fourth-order valence-electron chi connectivity index (χ4n) is 3.39. The molecule has 0 atom stereocenters. The van der Waals surface area contributed by atoms with Gasteiger partial charge in [0.05, 0.1) is 18.1 Å². The zero-order chi connectivity index (χ0) is 21.0. The summed E-state index contributed by atoms with van der Waals surface area (Å²) >= 11 is 0. The Hall–Kier alpha value is -2.88. The van der Waals surface area contributed by atoms with Gasteiger partial charge in [0.25, 0.3) is 5.91 Å². The number of carbonyl (C=O) groups is 2. The van der Waals surface area contributed by atoms with Crippen LogP contribution in [0.3, 0.4) is 0 Å². The number of hydrogen-bond donors (Lipinski definition) is 2. The highest BCUT2D eigenvalue weighted by Gasteiger charge is 2.33. The molecule has 2 aromatic rings. The molecule has 2 N–H and O–H groups in total. The molecule has 29 heavy (non-hydrogen) atoms. The van der Waals surface area contributed by atoms with Crippen molar-refractivity contribution in [2.24, 2.45) is 0 Å². The average molecular weight is 420 g/mol. The molecule has 9 nitrogen and oxygen atoms in total. The summed E-state index contributed by atoms with van der Waals surface area (Å²) in [6.07, 6.45) is 0.608. The lowest BCUT2D eigenvalue weighted by atomic mass is 10.1. The van der Waals surface area contributed by atoms with Gasteiger partial charge in [0, 0.05) is 25.7 Å². The van der Waals surface area contributed by atoms with Crippen LogP contribution in [0.2, 0.25) is 0 Å². The lowest BCUT2D eigenvalue weighted by molar-refractivity contribution is -0.118. The van der Waals surface area contributed by atoms with E-state index in [0.717, 1.165) is 5.56 Å². The van der Waals surface area contributed by atoms with Crippen molar-refractivity contribution in [3.05, 3.63) is 36.0 Å². The van der Waals surface area contributed by atoms with Crippen LogP contribution in [-0.4, -0.2) is 73.6 Å². The minimum Gasteiger partial charge on any atom is -0.496 e. The van der Waals surface area contributed by atoms with Crippen LogP contribution < -0.4 is 10.1 Å². The normalized spacial score (nSPS) is 15.2. The molecule has 0 saturated carbocycles. The molecule has 0 bridgehead atoms. The van der Waals surface area contributed by atoms with Crippen LogP contribution in [0.5, 0.6) is 5.75 Å². The first-order valence-electron chi connectivity index (χ1n) is 9.26. The summed E-state index contributed by atoms with van der Waals surface area (Å²) in [6, 6.07) is 9.04. The first-order valence-corrected chi connectivity index (χ1v) is 11.0. The summed E-state index contributed by atoms with van der Waals surface area (Å²) < 4.78 is 30.0. The van der Waals surface area contributed by atoms with Crippen molar-refractivity contribution in [1.29, 1.82) is 0 Å². The molecule has 0 radical (unpaired) electrons. The number of benzene rings is 1. The summed E-state index contributed by atoms with van der Waals surface area (Å²) in [5.41, 5.74) is 1.69. The highest BCUT2D eigenvalue weighted by molar-refractivity contribution is 7.92. The molecule has 2 heterocycles. The lowest BCUT2D eigenvalue weighted by Gasteiger charge is -2.31. The number of aromatic amines is 1. The summed E-state index contributed by atoms with van der Waals surface area (Å²) in [4.78, 5) is 25.8. The molecular formula is C19H24N4O5S. The van der Waals surface area contributed by atoms with Gasteiger partial charge in [0.15, 0.2) is 9.84 Å². The smallest absolute Gasteiger partial charge is 0.271 e. The standard InChI is InChI=1S/C19H24N4O5S/c1-20-18(24)12-29(26,27)13-7-9-23(10-8-13)19(25)16-11-15(21-22-16)14-5-3-4-6-17(14)28-2/h3-6,11,13H,7-10,12H2,1-2H3,(H,20,24)(H,21,22). The summed E-state index contributed by atoms with van der Waals surface area (Å²) in [5.74, 6) is -0.629. The van der Waals surface area contributed by atoms with Crippen molar-refractivity contribution in [3.8, 4) is 17.0 Å². The molecule has 0 spiro atoms. The molecule has 1 saturated heterocycles.